The zero-order valence-corrected chi connectivity index (χ0v) is 27.1. The summed E-state index contributed by atoms with van der Waals surface area (Å²) in [5, 5.41) is 9.64. The van der Waals surface area contributed by atoms with Gasteiger partial charge in [-0.1, -0.05) is 97.1 Å². The van der Waals surface area contributed by atoms with E-state index in [4.69, 9.17) is 9.47 Å². The molecule has 0 amide bonds. The molecule has 4 heteroatoms. The van der Waals surface area contributed by atoms with Crippen molar-refractivity contribution >= 4 is 43.1 Å². The minimum atomic E-state index is 0.566. The third-order valence-corrected chi connectivity index (χ3v) is 8.76. The van der Waals surface area contributed by atoms with Gasteiger partial charge in [0.2, 0.25) is 0 Å². The number of nitrogens with zero attached hydrogens (tertiary/aromatic N) is 2. The van der Waals surface area contributed by atoms with E-state index < -0.39 is 0 Å². The summed E-state index contributed by atoms with van der Waals surface area (Å²) < 4.78 is 13.4. The molecule has 0 saturated carbocycles. The fraction of sp³-hybridized carbons (Fsp3) is 0.190. The Bertz CT molecular complexity index is 1920. The van der Waals surface area contributed by atoms with Gasteiger partial charge in [0.15, 0.2) is 0 Å². The molecule has 7 aromatic carbocycles. The first-order valence-electron chi connectivity index (χ1n) is 16.0. The highest BCUT2D eigenvalue weighted by molar-refractivity contribution is 6.16. The average Bonchev–Trinajstić information content (AvgIpc) is 3.06. The van der Waals surface area contributed by atoms with Gasteiger partial charge in [0.25, 0.3) is 0 Å². The van der Waals surface area contributed by atoms with E-state index in [1.807, 2.05) is 0 Å². The van der Waals surface area contributed by atoms with Crippen LogP contribution in [0.2, 0.25) is 0 Å². The van der Waals surface area contributed by atoms with Crippen LogP contribution in [0.15, 0.2) is 121 Å². The van der Waals surface area contributed by atoms with Crippen LogP contribution in [0.3, 0.4) is 0 Å². The van der Waals surface area contributed by atoms with E-state index in [1.165, 1.54) is 54.2 Å². The third kappa shape index (κ3) is 5.78. The van der Waals surface area contributed by atoms with Crippen molar-refractivity contribution in [1.29, 1.82) is 0 Å². The van der Waals surface area contributed by atoms with Crippen LogP contribution in [0.5, 0.6) is 11.5 Å². The van der Waals surface area contributed by atoms with Gasteiger partial charge < -0.3 is 19.3 Å². The zero-order valence-electron chi connectivity index (χ0n) is 27.1. The molecular formula is C42H40N2O2. The first-order valence-corrected chi connectivity index (χ1v) is 16.0. The summed E-state index contributed by atoms with van der Waals surface area (Å²) >= 11 is 0. The summed E-state index contributed by atoms with van der Waals surface area (Å²) in [7, 11) is 8.31. The molecule has 7 rings (SSSR count). The van der Waals surface area contributed by atoms with Crippen molar-refractivity contribution in [2.24, 2.45) is 0 Å². The highest BCUT2D eigenvalue weighted by Gasteiger charge is 2.22. The van der Waals surface area contributed by atoms with Gasteiger partial charge in [-0.05, 0) is 89.5 Å². The molecule has 0 saturated heterocycles. The van der Waals surface area contributed by atoms with E-state index in [0.717, 1.165) is 35.7 Å². The molecule has 0 atom stereocenters. The molecule has 0 aliphatic rings. The van der Waals surface area contributed by atoms with Crippen LogP contribution >= 0.6 is 0 Å². The topological polar surface area (TPSA) is 24.9 Å². The maximum absolute atomic E-state index is 6.70. The minimum absolute atomic E-state index is 0.566. The second-order valence-electron chi connectivity index (χ2n) is 12.5. The van der Waals surface area contributed by atoms with Crippen LogP contribution in [-0.2, 0) is 0 Å². The van der Waals surface area contributed by atoms with E-state index in [1.54, 1.807) is 0 Å². The van der Waals surface area contributed by atoms with Crippen molar-refractivity contribution in [2.75, 3.05) is 54.5 Å². The number of fused-ring (bicyclic) bond motifs is 4. The van der Waals surface area contributed by atoms with Crippen molar-refractivity contribution in [3.05, 3.63) is 121 Å². The lowest BCUT2D eigenvalue weighted by atomic mass is 9.87. The van der Waals surface area contributed by atoms with Crippen LogP contribution in [0.25, 0.3) is 65.3 Å². The Labute approximate surface area is 271 Å². The van der Waals surface area contributed by atoms with Gasteiger partial charge in [-0.15, -0.1) is 0 Å². The number of rotatable bonds is 10. The van der Waals surface area contributed by atoms with Crippen LogP contribution < -0.4 is 9.47 Å². The lowest BCUT2D eigenvalue weighted by Crippen LogP contribution is -2.20. The van der Waals surface area contributed by atoms with Gasteiger partial charge in [-0.3, -0.25) is 0 Å². The Morgan fingerprint density at radius 1 is 0.413 bits per heavy atom. The van der Waals surface area contributed by atoms with Crippen LogP contribution in [0.4, 0.5) is 0 Å². The monoisotopic (exact) mass is 604 g/mol. The van der Waals surface area contributed by atoms with Crippen molar-refractivity contribution in [1.82, 2.24) is 9.80 Å². The van der Waals surface area contributed by atoms with E-state index in [9.17, 15) is 0 Å². The van der Waals surface area contributed by atoms with E-state index in [2.05, 4.69) is 159 Å². The first-order chi connectivity index (χ1) is 22.5. The fourth-order valence-electron chi connectivity index (χ4n) is 6.47. The molecule has 0 aliphatic heterocycles. The number of ether oxygens (including phenoxy) is 2. The van der Waals surface area contributed by atoms with Gasteiger partial charge in [-0.25, -0.2) is 0 Å². The third-order valence-electron chi connectivity index (χ3n) is 8.76. The molecule has 46 heavy (non-hydrogen) atoms. The number of hydrogen-bond donors (Lipinski definition) is 0. The van der Waals surface area contributed by atoms with Crippen molar-refractivity contribution in [3.63, 3.8) is 0 Å². The van der Waals surface area contributed by atoms with Crippen LogP contribution in [0, 0.1) is 0 Å². The summed E-state index contributed by atoms with van der Waals surface area (Å²) in [6, 6.07) is 43.8. The first kappa shape index (κ1) is 29.8. The lowest BCUT2D eigenvalue weighted by Gasteiger charge is -2.22. The molecular weight excluding hydrogens is 564 g/mol. The quantitative estimate of drug-likeness (QED) is 0.145. The van der Waals surface area contributed by atoms with Gasteiger partial charge in [0, 0.05) is 41.4 Å². The second-order valence-corrected chi connectivity index (χ2v) is 12.5. The normalized spacial score (nSPS) is 11.8. The molecule has 0 spiro atoms. The maximum Gasteiger partial charge on any atom is 0.130 e. The molecule has 0 unspecified atom stereocenters. The Balaban J connectivity index is 1.58. The molecule has 0 bridgehead atoms. The van der Waals surface area contributed by atoms with Gasteiger partial charge in [0.05, 0.1) is 0 Å². The zero-order chi connectivity index (χ0) is 31.6. The Morgan fingerprint density at radius 3 is 1.07 bits per heavy atom. The molecule has 0 fully saturated rings. The Kier molecular flexibility index (Phi) is 8.32. The second kappa shape index (κ2) is 12.8. The van der Waals surface area contributed by atoms with E-state index in [-0.39, 0.29) is 0 Å². The van der Waals surface area contributed by atoms with Gasteiger partial charge in [0.1, 0.15) is 24.7 Å². The predicted molar refractivity (Wildman–Crippen MR) is 195 cm³/mol. The number of likely N-dealkylation sites (N-methyl/N-ethyl adjacent to an activating group) is 2. The Morgan fingerprint density at radius 2 is 0.739 bits per heavy atom. The minimum Gasteiger partial charge on any atom is -0.491 e. The highest BCUT2D eigenvalue weighted by Crippen LogP contribution is 2.48. The molecule has 0 aliphatic carbocycles. The summed E-state index contributed by atoms with van der Waals surface area (Å²) in [6.45, 7) is 2.75. The van der Waals surface area contributed by atoms with Gasteiger partial charge >= 0.3 is 0 Å². The molecule has 0 N–H and O–H groups in total. The molecule has 0 heterocycles. The molecule has 230 valence electrons. The standard InChI is InChI=1S/C42H40N2O2/c1-43(2)21-23-45-39-28-40(46-24-22-44(3)4)38(42-35-19-11-7-15-31(35)26-32-16-8-12-20-36(32)42)27-37(39)41-33-17-9-5-13-29(33)25-30-14-6-10-18-34(30)41/h5-20,25-28H,21-24H2,1-4H3. The van der Waals surface area contributed by atoms with E-state index in [0.29, 0.717) is 13.2 Å². The predicted octanol–water partition coefficient (Wildman–Crippen LogP) is 9.51. The molecule has 7 aromatic rings. The van der Waals surface area contributed by atoms with Crippen molar-refractivity contribution < 1.29 is 9.47 Å². The van der Waals surface area contributed by atoms with Crippen molar-refractivity contribution in [2.45, 2.75) is 0 Å². The maximum atomic E-state index is 6.70. The summed E-state index contributed by atoms with van der Waals surface area (Å²) in [5.74, 6) is 1.66. The van der Waals surface area contributed by atoms with Gasteiger partial charge in [-0.2, -0.15) is 0 Å². The lowest BCUT2D eigenvalue weighted by molar-refractivity contribution is 0.252. The summed E-state index contributed by atoms with van der Waals surface area (Å²) in [5.41, 5.74) is 4.50. The van der Waals surface area contributed by atoms with Crippen LogP contribution in [-0.4, -0.2) is 64.3 Å². The number of benzene rings is 7. The highest BCUT2D eigenvalue weighted by atomic mass is 16.5. The smallest absolute Gasteiger partial charge is 0.130 e. The molecule has 0 aromatic heterocycles. The SMILES string of the molecule is CN(C)CCOc1cc(OCCN(C)C)c(-c2c3ccccc3cc3ccccc23)cc1-c1c2ccccc2cc2ccccc12. The average molecular weight is 605 g/mol. The number of hydrogen-bond acceptors (Lipinski definition) is 4. The fourth-order valence-corrected chi connectivity index (χ4v) is 6.47. The summed E-state index contributed by atoms with van der Waals surface area (Å²) in [6.07, 6.45) is 0. The van der Waals surface area contributed by atoms with Crippen molar-refractivity contribution in [3.8, 4) is 33.8 Å². The summed E-state index contributed by atoms with van der Waals surface area (Å²) in [4.78, 5) is 4.30. The van der Waals surface area contributed by atoms with Crippen LogP contribution in [0.1, 0.15) is 0 Å². The Hall–Kier alpha value is -4.90. The largest absolute Gasteiger partial charge is 0.491 e. The van der Waals surface area contributed by atoms with E-state index >= 15 is 0 Å². The molecule has 0 radical (unpaired) electrons. The molecule has 4 nitrogen and oxygen atoms in total.